The predicted octanol–water partition coefficient (Wildman–Crippen LogP) is 5.70. The number of fused-ring (bicyclic) bond motifs is 1. The van der Waals surface area contributed by atoms with E-state index in [4.69, 9.17) is 37.7 Å². The minimum atomic E-state index is -0.0151. The van der Waals surface area contributed by atoms with E-state index in [1.165, 1.54) is 0 Å². The van der Waals surface area contributed by atoms with Gasteiger partial charge in [0.25, 0.3) is 0 Å². The van der Waals surface area contributed by atoms with Crippen molar-refractivity contribution in [3.8, 4) is 11.5 Å². The quantitative estimate of drug-likeness (QED) is 0.296. The SMILES string of the molecule is COc1ccc(CCNC(=O)CCn2c(Cc3ccc(Cl)cc3Cl)nc3ccccc32)cc1OC. The van der Waals surface area contributed by atoms with Crippen LogP contribution in [0.5, 0.6) is 11.5 Å². The van der Waals surface area contributed by atoms with E-state index in [0.717, 1.165) is 28.0 Å². The number of imidazole rings is 1. The summed E-state index contributed by atoms with van der Waals surface area (Å²) in [5.41, 5.74) is 3.88. The summed E-state index contributed by atoms with van der Waals surface area (Å²) in [7, 11) is 3.22. The number of amides is 1. The molecule has 4 rings (SSSR count). The first-order chi connectivity index (χ1) is 17.0. The fraction of sp³-hybridized carbons (Fsp3) is 0.259. The molecule has 0 fully saturated rings. The van der Waals surface area contributed by atoms with Crippen LogP contribution in [0.4, 0.5) is 0 Å². The zero-order chi connectivity index (χ0) is 24.8. The first kappa shape index (κ1) is 24.9. The minimum absolute atomic E-state index is 0.0151. The van der Waals surface area contributed by atoms with Crippen molar-refractivity contribution in [1.29, 1.82) is 0 Å². The van der Waals surface area contributed by atoms with Crippen LogP contribution in [0.2, 0.25) is 10.0 Å². The molecule has 1 aromatic heterocycles. The maximum atomic E-state index is 12.6. The summed E-state index contributed by atoms with van der Waals surface area (Å²) in [5.74, 6) is 2.20. The lowest BCUT2D eigenvalue weighted by molar-refractivity contribution is -0.121. The van der Waals surface area contributed by atoms with E-state index in [-0.39, 0.29) is 5.91 Å². The molecule has 35 heavy (non-hydrogen) atoms. The highest BCUT2D eigenvalue weighted by Gasteiger charge is 2.14. The standard InChI is InChI=1S/C27H27Cl2N3O3/c1-34-24-10-7-18(15-25(24)35-2)11-13-30-27(33)12-14-32-23-6-4-3-5-22(23)31-26(32)16-19-8-9-20(28)17-21(19)29/h3-10,15,17H,11-14,16H2,1-2H3,(H,30,33). The zero-order valence-electron chi connectivity index (χ0n) is 19.7. The summed E-state index contributed by atoms with van der Waals surface area (Å²) in [6.07, 6.45) is 1.58. The number of hydrogen-bond acceptors (Lipinski definition) is 4. The number of ether oxygens (including phenoxy) is 2. The molecule has 0 saturated heterocycles. The number of nitrogens with one attached hydrogen (secondary N) is 1. The van der Waals surface area contributed by atoms with Crippen molar-refractivity contribution in [1.82, 2.24) is 14.9 Å². The molecular formula is C27H27Cl2N3O3. The molecular weight excluding hydrogens is 485 g/mol. The Bertz CT molecular complexity index is 1340. The number of para-hydroxylation sites is 2. The largest absolute Gasteiger partial charge is 0.493 e. The highest BCUT2D eigenvalue weighted by atomic mass is 35.5. The number of aromatic nitrogens is 2. The summed E-state index contributed by atoms with van der Waals surface area (Å²) in [6, 6.07) is 19.2. The Kier molecular flexibility index (Phi) is 8.16. The van der Waals surface area contributed by atoms with Crippen LogP contribution in [-0.4, -0.2) is 36.2 Å². The number of carbonyl (C=O) groups is 1. The molecule has 0 spiro atoms. The first-order valence-corrected chi connectivity index (χ1v) is 12.1. The molecule has 1 heterocycles. The van der Waals surface area contributed by atoms with E-state index in [1.54, 1.807) is 20.3 Å². The third-order valence-electron chi connectivity index (χ3n) is 5.84. The molecule has 0 aliphatic rings. The van der Waals surface area contributed by atoms with E-state index in [2.05, 4.69) is 9.88 Å². The van der Waals surface area contributed by atoms with Crippen molar-refractivity contribution in [3.63, 3.8) is 0 Å². The molecule has 0 bridgehead atoms. The molecule has 0 radical (unpaired) electrons. The third-order valence-corrected chi connectivity index (χ3v) is 6.43. The smallest absolute Gasteiger partial charge is 0.221 e. The van der Waals surface area contributed by atoms with Gasteiger partial charge >= 0.3 is 0 Å². The van der Waals surface area contributed by atoms with Crippen molar-refractivity contribution in [2.45, 2.75) is 25.8 Å². The second kappa shape index (κ2) is 11.5. The van der Waals surface area contributed by atoms with E-state index in [9.17, 15) is 4.79 Å². The van der Waals surface area contributed by atoms with Gasteiger partial charge in [0.05, 0.1) is 25.3 Å². The van der Waals surface area contributed by atoms with Gasteiger partial charge in [-0.25, -0.2) is 4.98 Å². The number of aryl methyl sites for hydroxylation is 1. The van der Waals surface area contributed by atoms with Crippen molar-refractivity contribution in [2.24, 2.45) is 0 Å². The summed E-state index contributed by atoms with van der Waals surface area (Å²) in [4.78, 5) is 17.4. The van der Waals surface area contributed by atoms with Crippen LogP contribution in [0.1, 0.15) is 23.4 Å². The van der Waals surface area contributed by atoms with Crippen LogP contribution < -0.4 is 14.8 Å². The maximum Gasteiger partial charge on any atom is 0.221 e. The maximum absolute atomic E-state index is 12.6. The lowest BCUT2D eigenvalue weighted by Gasteiger charge is -2.12. The van der Waals surface area contributed by atoms with Gasteiger partial charge in [-0.2, -0.15) is 0 Å². The molecule has 6 nitrogen and oxygen atoms in total. The summed E-state index contributed by atoms with van der Waals surface area (Å²) in [5, 5.41) is 4.21. The minimum Gasteiger partial charge on any atom is -0.493 e. The molecule has 0 atom stereocenters. The topological polar surface area (TPSA) is 65.4 Å². The molecule has 0 saturated carbocycles. The van der Waals surface area contributed by atoms with Gasteiger partial charge in [-0.3, -0.25) is 4.79 Å². The molecule has 8 heteroatoms. The molecule has 0 aliphatic carbocycles. The fourth-order valence-corrected chi connectivity index (χ4v) is 4.50. The van der Waals surface area contributed by atoms with Gasteiger partial charge in [0.2, 0.25) is 5.91 Å². The molecule has 182 valence electrons. The number of nitrogens with zero attached hydrogens (tertiary/aromatic N) is 2. The van der Waals surface area contributed by atoms with E-state index in [0.29, 0.717) is 53.9 Å². The van der Waals surface area contributed by atoms with Crippen molar-refractivity contribution in [3.05, 3.63) is 87.7 Å². The zero-order valence-corrected chi connectivity index (χ0v) is 21.2. The average Bonchev–Trinajstić information content (AvgIpc) is 3.21. The Morgan fingerprint density at radius 2 is 1.80 bits per heavy atom. The van der Waals surface area contributed by atoms with Crippen molar-refractivity contribution >= 4 is 40.1 Å². The van der Waals surface area contributed by atoms with Gasteiger partial charge in [-0.15, -0.1) is 0 Å². The molecule has 4 aromatic rings. The number of halogens is 2. The van der Waals surface area contributed by atoms with Gasteiger partial charge < -0.3 is 19.4 Å². The Hall–Kier alpha value is -3.22. The normalized spacial score (nSPS) is 11.0. The number of benzene rings is 3. The first-order valence-electron chi connectivity index (χ1n) is 11.3. The highest BCUT2D eigenvalue weighted by molar-refractivity contribution is 6.35. The van der Waals surface area contributed by atoms with Crippen LogP contribution in [0, 0.1) is 0 Å². The molecule has 0 aliphatic heterocycles. The third kappa shape index (κ3) is 6.08. The lowest BCUT2D eigenvalue weighted by atomic mass is 10.1. The molecule has 3 aromatic carbocycles. The summed E-state index contributed by atoms with van der Waals surface area (Å²) in [6.45, 7) is 1.05. The Labute approximate surface area is 214 Å². The van der Waals surface area contributed by atoms with Crippen LogP contribution in [0.25, 0.3) is 11.0 Å². The number of methoxy groups -OCH3 is 2. The van der Waals surface area contributed by atoms with Crippen LogP contribution >= 0.6 is 23.2 Å². The Morgan fingerprint density at radius 1 is 1.00 bits per heavy atom. The lowest BCUT2D eigenvalue weighted by Crippen LogP contribution is -2.26. The van der Waals surface area contributed by atoms with Gasteiger partial charge in [0.15, 0.2) is 11.5 Å². The highest BCUT2D eigenvalue weighted by Crippen LogP contribution is 2.28. The van der Waals surface area contributed by atoms with Crippen LogP contribution in [0.15, 0.2) is 60.7 Å². The van der Waals surface area contributed by atoms with Crippen LogP contribution in [-0.2, 0) is 24.2 Å². The second-order valence-corrected chi connectivity index (χ2v) is 8.96. The predicted molar refractivity (Wildman–Crippen MR) is 140 cm³/mol. The van der Waals surface area contributed by atoms with Crippen molar-refractivity contribution in [2.75, 3.05) is 20.8 Å². The van der Waals surface area contributed by atoms with Crippen molar-refractivity contribution < 1.29 is 14.3 Å². The molecule has 1 amide bonds. The molecule has 0 unspecified atom stereocenters. The van der Waals surface area contributed by atoms with E-state index < -0.39 is 0 Å². The number of carbonyl (C=O) groups excluding carboxylic acids is 1. The number of hydrogen-bond donors (Lipinski definition) is 1. The second-order valence-electron chi connectivity index (χ2n) is 8.12. The Morgan fingerprint density at radius 3 is 2.57 bits per heavy atom. The summed E-state index contributed by atoms with van der Waals surface area (Å²) >= 11 is 12.4. The van der Waals surface area contributed by atoms with Gasteiger partial charge in [-0.05, 0) is 53.9 Å². The van der Waals surface area contributed by atoms with Crippen LogP contribution in [0.3, 0.4) is 0 Å². The summed E-state index contributed by atoms with van der Waals surface area (Å²) < 4.78 is 12.7. The van der Waals surface area contributed by atoms with Gasteiger partial charge in [-0.1, -0.05) is 47.5 Å². The van der Waals surface area contributed by atoms with Gasteiger partial charge in [0, 0.05) is 36.0 Å². The fourth-order valence-electron chi connectivity index (χ4n) is 4.03. The van der Waals surface area contributed by atoms with E-state index >= 15 is 0 Å². The van der Waals surface area contributed by atoms with E-state index in [1.807, 2.05) is 54.6 Å². The average molecular weight is 512 g/mol. The Balaban J connectivity index is 1.40. The van der Waals surface area contributed by atoms with Gasteiger partial charge in [0.1, 0.15) is 5.82 Å². The monoisotopic (exact) mass is 511 g/mol. The number of rotatable bonds is 10. The molecule has 1 N–H and O–H groups in total.